The van der Waals surface area contributed by atoms with Crippen LogP contribution in [0.5, 0.6) is 11.5 Å². The third kappa shape index (κ3) is 8.69. The largest absolute Gasteiger partial charge is 0.497 e. The molecule has 1 fully saturated rings. The monoisotopic (exact) mass is 682 g/mol. The predicted octanol–water partition coefficient (Wildman–Crippen LogP) is 5.16. The zero-order chi connectivity index (χ0) is 34.3. The number of sulfonamides is 1. The topological polar surface area (TPSA) is 107 Å². The molecule has 2 aliphatic heterocycles. The van der Waals surface area contributed by atoms with Gasteiger partial charge in [0.25, 0.3) is 0 Å². The number of methoxy groups -OCH3 is 3. The third-order valence-electron chi connectivity index (χ3n) is 9.27. The number of aliphatic hydroxyl groups is 1. The van der Waals surface area contributed by atoms with Gasteiger partial charge in [-0.3, -0.25) is 0 Å². The van der Waals surface area contributed by atoms with Crippen LogP contribution >= 0.6 is 0 Å². The van der Waals surface area contributed by atoms with Crippen LogP contribution in [0.25, 0.3) is 0 Å². The molecule has 11 heteroatoms. The van der Waals surface area contributed by atoms with E-state index < -0.39 is 27.8 Å². The van der Waals surface area contributed by atoms with Crippen molar-refractivity contribution >= 4 is 15.7 Å². The van der Waals surface area contributed by atoms with Crippen LogP contribution in [0.1, 0.15) is 48.8 Å². The molecule has 5 rings (SSSR count). The van der Waals surface area contributed by atoms with E-state index in [1.54, 1.807) is 45.4 Å². The van der Waals surface area contributed by atoms with Crippen molar-refractivity contribution in [1.82, 2.24) is 4.31 Å². The Bertz CT molecular complexity index is 1580. The summed E-state index contributed by atoms with van der Waals surface area (Å²) in [6, 6.07) is 20.4. The first-order chi connectivity index (χ1) is 23.0. The fourth-order valence-electron chi connectivity index (χ4n) is 6.83. The van der Waals surface area contributed by atoms with Crippen molar-refractivity contribution in [2.45, 2.75) is 68.3 Å². The summed E-state index contributed by atoms with van der Waals surface area (Å²) >= 11 is 0. The Hall–Kier alpha value is -3.19. The lowest BCUT2D eigenvalue weighted by Gasteiger charge is -2.45. The molecule has 0 aliphatic carbocycles. The van der Waals surface area contributed by atoms with Gasteiger partial charge in [0.15, 0.2) is 0 Å². The molecule has 1 unspecified atom stereocenters. The Morgan fingerprint density at radius 1 is 1.00 bits per heavy atom. The molecule has 10 nitrogen and oxygen atoms in total. The van der Waals surface area contributed by atoms with Gasteiger partial charge < -0.3 is 33.7 Å². The van der Waals surface area contributed by atoms with Gasteiger partial charge in [-0.25, -0.2) is 8.42 Å². The van der Waals surface area contributed by atoms with Crippen molar-refractivity contribution in [3.63, 3.8) is 0 Å². The van der Waals surface area contributed by atoms with Gasteiger partial charge in [-0.2, -0.15) is 4.31 Å². The van der Waals surface area contributed by atoms with E-state index in [4.69, 9.17) is 23.7 Å². The van der Waals surface area contributed by atoms with Crippen LogP contribution in [0.2, 0.25) is 0 Å². The molecular weight excluding hydrogens is 632 g/mol. The molecule has 0 aromatic heterocycles. The van der Waals surface area contributed by atoms with E-state index in [0.717, 1.165) is 53.4 Å². The number of aryl methyl sites for hydroxylation is 1. The molecule has 4 atom stereocenters. The van der Waals surface area contributed by atoms with E-state index in [1.165, 1.54) is 11.4 Å². The Morgan fingerprint density at radius 3 is 2.44 bits per heavy atom. The summed E-state index contributed by atoms with van der Waals surface area (Å²) in [4.78, 5) is 2.53. The minimum atomic E-state index is -3.93. The molecular formula is C37H50N2O8S. The van der Waals surface area contributed by atoms with Crippen molar-refractivity contribution in [3.8, 4) is 11.5 Å². The van der Waals surface area contributed by atoms with Gasteiger partial charge in [-0.15, -0.1) is 0 Å². The van der Waals surface area contributed by atoms with Crippen LogP contribution in [0.15, 0.2) is 71.6 Å². The lowest BCUT2D eigenvalue weighted by molar-refractivity contribution is -0.0587. The Morgan fingerprint density at radius 2 is 1.75 bits per heavy atom. The van der Waals surface area contributed by atoms with Crippen LogP contribution in [0, 0.1) is 6.92 Å². The SMILES string of the molecule is COCCCN1CCOc2ccc(CO[C@H]3CN(S(=O)(=O)c4ccc(C)cc4)[C@@H](CC(C)(O)COC)C[C@@H]3c3ccc(OC)cc3)cc21. The Labute approximate surface area is 285 Å². The summed E-state index contributed by atoms with van der Waals surface area (Å²) < 4.78 is 58.8. The number of benzene rings is 3. The lowest BCUT2D eigenvalue weighted by Crippen LogP contribution is -2.54. The van der Waals surface area contributed by atoms with E-state index in [1.807, 2.05) is 43.3 Å². The Kier molecular flexibility index (Phi) is 12.0. The highest BCUT2D eigenvalue weighted by Crippen LogP contribution is 2.40. The number of piperidine rings is 1. The van der Waals surface area contributed by atoms with Gasteiger partial charge in [0.2, 0.25) is 10.0 Å². The van der Waals surface area contributed by atoms with Gasteiger partial charge in [0.1, 0.15) is 18.1 Å². The normalized spacial score (nSPS) is 21.3. The van der Waals surface area contributed by atoms with Crippen molar-refractivity contribution in [2.24, 2.45) is 0 Å². The second kappa shape index (κ2) is 16.0. The molecule has 0 amide bonds. The first-order valence-electron chi connectivity index (χ1n) is 16.6. The minimum Gasteiger partial charge on any atom is -0.497 e. The molecule has 2 heterocycles. The van der Waals surface area contributed by atoms with Crippen molar-refractivity contribution in [1.29, 1.82) is 0 Å². The average molecular weight is 683 g/mol. The highest BCUT2D eigenvalue weighted by molar-refractivity contribution is 7.89. The Balaban J connectivity index is 1.47. The maximum absolute atomic E-state index is 14.3. The quantitative estimate of drug-likeness (QED) is 0.218. The van der Waals surface area contributed by atoms with Gasteiger partial charge >= 0.3 is 0 Å². The summed E-state index contributed by atoms with van der Waals surface area (Å²) in [5.74, 6) is 1.44. The summed E-state index contributed by atoms with van der Waals surface area (Å²) in [7, 11) is 0.947. The fraction of sp³-hybridized carbons (Fsp3) is 0.514. The number of ether oxygens (including phenoxy) is 5. The third-order valence-corrected chi connectivity index (χ3v) is 11.2. The molecule has 1 saturated heterocycles. The first-order valence-corrected chi connectivity index (χ1v) is 18.0. The van der Waals surface area contributed by atoms with Crippen LogP contribution in [-0.2, 0) is 30.8 Å². The maximum Gasteiger partial charge on any atom is 0.243 e. The average Bonchev–Trinajstić information content (AvgIpc) is 3.07. The predicted molar refractivity (Wildman–Crippen MR) is 186 cm³/mol. The van der Waals surface area contributed by atoms with Crippen molar-refractivity contribution < 1.29 is 37.2 Å². The van der Waals surface area contributed by atoms with Gasteiger partial charge in [-0.05, 0) is 80.6 Å². The van der Waals surface area contributed by atoms with E-state index in [2.05, 4.69) is 11.0 Å². The molecule has 2 aliphatic rings. The summed E-state index contributed by atoms with van der Waals surface area (Å²) in [5, 5.41) is 11.3. The molecule has 3 aromatic carbocycles. The van der Waals surface area contributed by atoms with Crippen molar-refractivity contribution in [3.05, 3.63) is 83.4 Å². The second-order valence-electron chi connectivity index (χ2n) is 13.1. The number of hydrogen-bond donors (Lipinski definition) is 1. The molecule has 48 heavy (non-hydrogen) atoms. The minimum absolute atomic E-state index is 0.0829. The van der Waals surface area contributed by atoms with Gasteiger partial charge in [-0.1, -0.05) is 35.9 Å². The smallest absolute Gasteiger partial charge is 0.243 e. The maximum atomic E-state index is 14.3. The number of anilines is 1. The summed E-state index contributed by atoms with van der Waals surface area (Å²) in [5.41, 5.74) is 2.76. The van der Waals surface area contributed by atoms with Crippen LogP contribution in [0.3, 0.4) is 0 Å². The molecule has 0 radical (unpaired) electrons. The number of rotatable bonds is 15. The van der Waals surface area contributed by atoms with Crippen LogP contribution < -0.4 is 14.4 Å². The highest BCUT2D eigenvalue weighted by Gasteiger charge is 2.45. The first kappa shape index (κ1) is 36.1. The van der Waals surface area contributed by atoms with Crippen LogP contribution in [-0.4, -0.2) is 96.4 Å². The number of nitrogens with zero attached hydrogens (tertiary/aromatic N) is 2. The number of fused-ring (bicyclic) bond motifs is 1. The molecule has 262 valence electrons. The zero-order valence-corrected chi connectivity index (χ0v) is 29.6. The van der Waals surface area contributed by atoms with Gasteiger partial charge in [0.05, 0.1) is 49.2 Å². The van der Waals surface area contributed by atoms with Crippen LogP contribution in [0.4, 0.5) is 5.69 Å². The molecule has 0 spiro atoms. The lowest BCUT2D eigenvalue weighted by atomic mass is 9.81. The summed E-state index contributed by atoms with van der Waals surface area (Å²) in [6.45, 7) is 7.09. The fourth-order valence-corrected chi connectivity index (χ4v) is 8.48. The second-order valence-corrected chi connectivity index (χ2v) is 15.0. The summed E-state index contributed by atoms with van der Waals surface area (Å²) in [6.07, 6.45) is 1.10. The zero-order valence-electron chi connectivity index (χ0n) is 28.8. The molecule has 3 aromatic rings. The van der Waals surface area contributed by atoms with Gasteiger partial charge in [0, 0.05) is 45.9 Å². The van der Waals surface area contributed by atoms with Crippen molar-refractivity contribution in [2.75, 3.05) is 65.7 Å². The van der Waals surface area contributed by atoms with E-state index in [-0.39, 0.29) is 30.4 Å². The van der Waals surface area contributed by atoms with E-state index >= 15 is 0 Å². The molecule has 1 N–H and O–H groups in total. The standard InChI is InChI=1S/C37H50N2O8S/c1-27-7-14-32(15-8-27)48(41,42)39-24-36(47-25-28-9-16-35-34(21-28)38(18-20-46-35)17-6-19-43-3)33(29-10-12-31(45-5)13-11-29)22-30(39)23-37(2,40)26-44-4/h7-16,21,30,33,36,40H,6,17-20,22-26H2,1-5H3/t30-,33-,36+,37?/m1/s1. The molecule has 0 bridgehead atoms. The molecule has 0 saturated carbocycles. The van der Waals surface area contributed by atoms with E-state index in [0.29, 0.717) is 26.2 Å². The highest BCUT2D eigenvalue weighted by atomic mass is 32.2. The number of hydrogen-bond acceptors (Lipinski definition) is 9. The van der Waals surface area contributed by atoms with E-state index in [9.17, 15) is 13.5 Å².